The molecule has 0 aliphatic carbocycles. The van der Waals surface area contributed by atoms with Gasteiger partial charge in [-0.15, -0.1) is 0 Å². The number of hydrogen-bond donors (Lipinski definition) is 4. The standard InChI is InChI=1S/C25H32N6OS/c1-15(2)28-24(32)19-14-27-22(29-18-7-6-17-13-26-9-8-16(17)10-18)11-20(19)30-23-12-21(33-31-23)25(3,4)5/h6-7,10-12,14-15,26H,8-9,13H2,1-5H3,(H,28,32)(H2,27,29,30,31). The van der Waals surface area contributed by atoms with Crippen molar-refractivity contribution in [2.45, 2.75) is 59.0 Å². The fourth-order valence-electron chi connectivity index (χ4n) is 3.68. The van der Waals surface area contributed by atoms with Crippen LogP contribution in [0.1, 0.15) is 61.0 Å². The zero-order valence-electron chi connectivity index (χ0n) is 19.9. The fourth-order valence-corrected chi connectivity index (χ4v) is 4.41. The molecular formula is C25H32N6OS. The number of carbonyl (C=O) groups excluding carboxylic acids is 1. The number of nitrogens with one attached hydrogen (secondary N) is 4. The number of anilines is 4. The van der Waals surface area contributed by atoms with Gasteiger partial charge in [0.1, 0.15) is 11.6 Å². The summed E-state index contributed by atoms with van der Waals surface area (Å²) in [6.07, 6.45) is 2.63. The minimum absolute atomic E-state index is 0.0162. The zero-order chi connectivity index (χ0) is 23.6. The van der Waals surface area contributed by atoms with Crippen molar-refractivity contribution in [3.05, 3.63) is 58.1 Å². The van der Waals surface area contributed by atoms with E-state index in [4.69, 9.17) is 0 Å². The third kappa shape index (κ3) is 5.69. The van der Waals surface area contributed by atoms with Gasteiger partial charge in [-0.3, -0.25) is 4.79 Å². The largest absolute Gasteiger partial charge is 0.350 e. The monoisotopic (exact) mass is 464 g/mol. The SMILES string of the molecule is CC(C)NC(=O)c1cnc(Nc2ccc3c(c2)CCNC3)cc1Nc1cc(C(C)(C)C)sn1. The molecule has 0 bridgehead atoms. The van der Waals surface area contributed by atoms with Crippen LogP contribution in [0.15, 0.2) is 36.5 Å². The van der Waals surface area contributed by atoms with Crippen molar-refractivity contribution in [2.24, 2.45) is 0 Å². The Morgan fingerprint density at radius 2 is 1.91 bits per heavy atom. The summed E-state index contributed by atoms with van der Waals surface area (Å²) in [5, 5.41) is 13.1. The van der Waals surface area contributed by atoms with Gasteiger partial charge in [0.25, 0.3) is 5.91 Å². The zero-order valence-corrected chi connectivity index (χ0v) is 20.7. The van der Waals surface area contributed by atoms with Crippen molar-refractivity contribution >= 4 is 40.5 Å². The van der Waals surface area contributed by atoms with Crippen LogP contribution in [0, 0.1) is 0 Å². The van der Waals surface area contributed by atoms with Gasteiger partial charge in [-0.2, -0.15) is 4.37 Å². The lowest BCUT2D eigenvalue weighted by molar-refractivity contribution is 0.0943. The molecule has 3 heterocycles. The van der Waals surface area contributed by atoms with Gasteiger partial charge >= 0.3 is 0 Å². The molecule has 0 radical (unpaired) electrons. The Hall–Kier alpha value is -2.97. The average Bonchev–Trinajstić information content (AvgIpc) is 3.22. The van der Waals surface area contributed by atoms with Crippen LogP contribution in [0.3, 0.4) is 0 Å². The van der Waals surface area contributed by atoms with Gasteiger partial charge in [0.2, 0.25) is 0 Å². The van der Waals surface area contributed by atoms with E-state index in [1.54, 1.807) is 6.20 Å². The molecule has 1 amide bonds. The molecule has 1 aliphatic heterocycles. The third-order valence-corrected chi connectivity index (χ3v) is 6.66. The van der Waals surface area contributed by atoms with Crippen molar-refractivity contribution < 1.29 is 4.79 Å². The summed E-state index contributed by atoms with van der Waals surface area (Å²) in [5.41, 5.74) is 4.83. The Kier molecular flexibility index (Phi) is 6.67. The molecule has 3 aromatic rings. The van der Waals surface area contributed by atoms with Crippen molar-refractivity contribution in [3.63, 3.8) is 0 Å². The maximum Gasteiger partial charge on any atom is 0.255 e. The van der Waals surface area contributed by atoms with E-state index in [-0.39, 0.29) is 17.4 Å². The molecule has 0 unspecified atom stereocenters. The maximum atomic E-state index is 12.8. The number of pyridine rings is 1. The molecule has 0 atom stereocenters. The van der Waals surface area contributed by atoms with Crippen LogP contribution in [0.5, 0.6) is 0 Å². The molecule has 1 aliphatic rings. The number of amides is 1. The van der Waals surface area contributed by atoms with Crippen LogP contribution in [0.2, 0.25) is 0 Å². The van der Waals surface area contributed by atoms with Gasteiger partial charge in [0.15, 0.2) is 0 Å². The van der Waals surface area contributed by atoms with E-state index in [1.165, 1.54) is 27.5 Å². The number of benzene rings is 1. The number of aromatic nitrogens is 2. The molecule has 0 saturated heterocycles. The van der Waals surface area contributed by atoms with E-state index in [2.05, 4.69) is 69.6 Å². The molecule has 174 valence electrons. The predicted molar refractivity (Wildman–Crippen MR) is 136 cm³/mol. The topological polar surface area (TPSA) is 91.0 Å². The molecule has 0 saturated carbocycles. The normalized spacial score (nSPS) is 13.5. The molecule has 1 aromatic carbocycles. The van der Waals surface area contributed by atoms with E-state index >= 15 is 0 Å². The van der Waals surface area contributed by atoms with Gasteiger partial charge in [-0.05, 0) is 73.1 Å². The quantitative estimate of drug-likeness (QED) is 0.405. The summed E-state index contributed by atoms with van der Waals surface area (Å²) < 4.78 is 4.55. The molecule has 0 spiro atoms. The van der Waals surface area contributed by atoms with E-state index in [0.29, 0.717) is 17.1 Å². The fraction of sp³-hybridized carbons (Fsp3) is 0.400. The summed E-state index contributed by atoms with van der Waals surface area (Å²) in [7, 11) is 0. The molecule has 2 aromatic heterocycles. The van der Waals surface area contributed by atoms with Crippen LogP contribution in [-0.4, -0.2) is 27.9 Å². The average molecular weight is 465 g/mol. The smallest absolute Gasteiger partial charge is 0.255 e. The lowest BCUT2D eigenvalue weighted by atomic mass is 9.95. The second kappa shape index (κ2) is 9.49. The van der Waals surface area contributed by atoms with Crippen molar-refractivity contribution in [1.29, 1.82) is 0 Å². The lowest BCUT2D eigenvalue weighted by Gasteiger charge is -2.18. The molecular weight excluding hydrogens is 432 g/mol. The first-order valence-electron chi connectivity index (χ1n) is 11.3. The molecule has 33 heavy (non-hydrogen) atoms. The van der Waals surface area contributed by atoms with Gasteiger partial charge in [-0.25, -0.2) is 4.98 Å². The molecule has 7 nitrogen and oxygen atoms in total. The number of fused-ring (bicyclic) bond motifs is 1. The Morgan fingerprint density at radius 3 is 2.64 bits per heavy atom. The second-order valence-electron chi connectivity index (χ2n) is 9.73. The minimum atomic E-state index is -0.167. The van der Waals surface area contributed by atoms with Crippen LogP contribution in [0.4, 0.5) is 23.0 Å². The van der Waals surface area contributed by atoms with Gasteiger partial charge in [0, 0.05) is 35.4 Å². The van der Waals surface area contributed by atoms with Gasteiger partial charge in [-0.1, -0.05) is 26.8 Å². The molecule has 0 fully saturated rings. The van der Waals surface area contributed by atoms with E-state index in [9.17, 15) is 4.79 Å². The summed E-state index contributed by atoms with van der Waals surface area (Å²) in [6.45, 7) is 12.3. The van der Waals surface area contributed by atoms with Crippen molar-refractivity contribution in [2.75, 3.05) is 17.2 Å². The molecule has 8 heteroatoms. The Morgan fingerprint density at radius 1 is 1.09 bits per heavy atom. The Labute approximate surface area is 199 Å². The highest BCUT2D eigenvalue weighted by molar-refractivity contribution is 7.06. The predicted octanol–water partition coefficient (Wildman–Crippen LogP) is 5.11. The van der Waals surface area contributed by atoms with E-state index in [0.717, 1.165) is 31.0 Å². The maximum absolute atomic E-state index is 12.8. The number of hydrogen-bond acceptors (Lipinski definition) is 7. The van der Waals surface area contributed by atoms with Crippen molar-refractivity contribution in [1.82, 2.24) is 20.0 Å². The Bertz CT molecular complexity index is 1150. The molecule has 4 rings (SSSR count). The summed E-state index contributed by atoms with van der Waals surface area (Å²) in [6, 6.07) is 10.3. The first-order valence-corrected chi connectivity index (χ1v) is 12.1. The van der Waals surface area contributed by atoms with Crippen LogP contribution in [-0.2, 0) is 18.4 Å². The first-order chi connectivity index (χ1) is 15.7. The summed E-state index contributed by atoms with van der Waals surface area (Å²) in [5.74, 6) is 1.22. The number of carbonyl (C=O) groups is 1. The summed E-state index contributed by atoms with van der Waals surface area (Å²) >= 11 is 1.47. The highest BCUT2D eigenvalue weighted by atomic mass is 32.1. The Balaban J connectivity index is 1.62. The van der Waals surface area contributed by atoms with E-state index < -0.39 is 0 Å². The van der Waals surface area contributed by atoms with Gasteiger partial charge in [0.05, 0.1) is 11.3 Å². The van der Waals surface area contributed by atoms with Gasteiger partial charge < -0.3 is 21.3 Å². The highest BCUT2D eigenvalue weighted by Gasteiger charge is 2.19. The second-order valence-corrected chi connectivity index (χ2v) is 10.5. The van der Waals surface area contributed by atoms with Crippen LogP contribution < -0.4 is 21.3 Å². The van der Waals surface area contributed by atoms with Crippen molar-refractivity contribution in [3.8, 4) is 0 Å². The van der Waals surface area contributed by atoms with Crippen LogP contribution in [0.25, 0.3) is 0 Å². The first kappa shape index (κ1) is 23.2. The minimum Gasteiger partial charge on any atom is -0.350 e. The third-order valence-electron chi connectivity index (χ3n) is 5.45. The van der Waals surface area contributed by atoms with E-state index in [1.807, 2.05) is 26.0 Å². The molecule has 4 N–H and O–H groups in total. The van der Waals surface area contributed by atoms with Crippen LogP contribution >= 0.6 is 11.5 Å². The number of rotatable bonds is 6. The lowest BCUT2D eigenvalue weighted by Crippen LogP contribution is -2.30. The highest BCUT2D eigenvalue weighted by Crippen LogP contribution is 2.31. The number of nitrogens with zero attached hydrogens (tertiary/aromatic N) is 2. The summed E-state index contributed by atoms with van der Waals surface area (Å²) in [4.78, 5) is 18.5.